The molecule has 1 saturated heterocycles. The fourth-order valence-electron chi connectivity index (χ4n) is 3.01. The summed E-state index contributed by atoms with van der Waals surface area (Å²) in [6, 6.07) is 5.18. The summed E-state index contributed by atoms with van der Waals surface area (Å²) in [5, 5.41) is 10.8. The third kappa shape index (κ3) is 4.17. The summed E-state index contributed by atoms with van der Waals surface area (Å²) in [6.45, 7) is 5.22. The molecule has 1 aliphatic heterocycles. The molecule has 1 aromatic carbocycles. The van der Waals surface area contributed by atoms with Crippen LogP contribution in [0.25, 0.3) is 0 Å². The van der Waals surface area contributed by atoms with Crippen molar-refractivity contribution in [3.63, 3.8) is 0 Å². The van der Waals surface area contributed by atoms with Crippen LogP contribution in [0.5, 0.6) is 0 Å². The number of nitrogens with zero attached hydrogens (tertiary/aromatic N) is 3. The molecule has 0 aliphatic carbocycles. The smallest absolute Gasteiger partial charge is 0.269 e. The molecule has 0 saturated carbocycles. The van der Waals surface area contributed by atoms with Gasteiger partial charge in [-0.25, -0.2) is 0 Å². The Balaban J connectivity index is 1.94. The number of anilines is 1. The van der Waals surface area contributed by atoms with Crippen molar-refractivity contribution in [2.75, 3.05) is 38.6 Å². The van der Waals surface area contributed by atoms with E-state index in [1.54, 1.807) is 12.1 Å². The molecule has 0 aromatic heterocycles. The fourth-order valence-corrected chi connectivity index (χ4v) is 3.01. The Kier molecular flexibility index (Phi) is 5.17. The van der Waals surface area contributed by atoms with Crippen LogP contribution in [0.2, 0.25) is 0 Å². The third-order valence-electron chi connectivity index (χ3n) is 4.33. The van der Waals surface area contributed by atoms with Crippen LogP contribution >= 0.6 is 0 Å². The van der Waals surface area contributed by atoms with Gasteiger partial charge < -0.3 is 9.80 Å². The number of hydrogen-bond donors (Lipinski definition) is 0. The van der Waals surface area contributed by atoms with Crippen molar-refractivity contribution >= 4 is 11.4 Å². The van der Waals surface area contributed by atoms with Crippen molar-refractivity contribution in [1.82, 2.24) is 4.90 Å². The summed E-state index contributed by atoms with van der Waals surface area (Å²) in [6.07, 6.45) is 3.69. The van der Waals surface area contributed by atoms with Gasteiger partial charge in [-0.15, -0.1) is 0 Å². The van der Waals surface area contributed by atoms with Crippen LogP contribution in [-0.2, 0) is 0 Å². The minimum Gasteiger partial charge on any atom is -0.371 e. The third-order valence-corrected chi connectivity index (χ3v) is 4.33. The second-order valence-corrected chi connectivity index (χ2v) is 6.25. The molecular formula is C16H25N3O2. The van der Waals surface area contributed by atoms with E-state index in [0.29, 0.717) is 0 Å². The second-order valence-electron chi connectivity index (χ2n) is 6.25. The van der Waals surface area contributed by atoms with Crippen LogP contribution in [0, 0.1) is 23.0 Å². The lowest BCUT2D eigenvalue weighted by atomic mass is 9.93. The van der Waals surface area contributed by atoms with E-state index in [1.807, 2.05) is 13.0 Å². The summed E-state index contributed by atoms with van der Waals surface area (Å²) in [7, 11) is 4.24. The van der Waals surface area contributed by atoms with Crippen molar-refractivity contribution in [3.05, 3.63) is 33.9 Å². The van der Waals surface area contributed by atoms with E-state index < -0.39 is 0 Å². The van der Waals surface area contributed by atoms with E-state index in [-0.39, 0.29) is 10.6 Å². The Morgan fingerprint density at radius 1 is 1.33 bits per heavy atom. The summed E-state index contributed by atoms with van der Waals surface area (Å²) in [5.74, 6) is 0.807. The zero-order valence-electron chi connectivity index (χ0n) is 13.2. The van der Waals surface area contributed by atoms with E-state index in [0.717, 1.165) is 36.8 Å². The lowest BCUT2D eigenvalue weighted by molar-refractivity contribution is -0.384. The van der Waals surface area contributed by atoms with E-state index in [9.17, 15) is 10.1 Å². The van der Waals surface area contributed by atoms with Gasteiger partial charge in [0.2, 0.25) is 0 Å². The molecule has 21 heavy (non-hydrogen) atoms. The first-order valence-corrected chi connectivity index (χ1v) is 7.62. The van der Waals surface area contributed by atoms with Crippen LogP contribution in [0.15, 0.2) is 18.2 Å². The number of rotatable bonds is 5. The van der Waals surface area contributed by atoms with Crippen LogP contribution in [0.1, 0.15) is 24.8 Å². The van der Waals surface area contributed by atoms with Gasteiger partial charge in [-0.2, -0.15) is 0 Å². The molecule has 2 rings (SSSR count). The van der Waals surface area contributed by atoms with E-state index in [4.69, 9.17) is 0 Å². The zero-order valence-corrected chi connectivity index (χ0v) is 13.2. The molecule has 5 heteroatoms. The molecule has 0 unspecified atom stereocenters. The lowest BCUT2D eigenvalue weighted by Gasteiger charge is -2.34. The summed E-state index contributed by atoms with van der Waals surface area (Å²) in [4.78, 5) is 15.1. The number of hydrogen-bond acceptors (Lipinski definition) is 4. The molecule has 5 nitrogen and oxygen atoms in total. The monoisotopic (exact) mass is 291 g/mol. The van der Waals surface area contributed by atoms with Gasteiger partial charge in [-0.1, -0.05) is 0 Å². The minimum absolute atomic E-state index is 0.178. The molecule has 1 aliphatic rings. The van der Waals surface area contributed by atoms with Crippen LogP contribution in [0.4, 0.5) is 11.4 Å². The van der Waals surface area contributed by atoms with Gasteiger partial charge in [0, 0.05) is 30.9 Å². The molecule has 0 bridgehead atoms. The maximum Gasteiger partial charge on any atom is 0.269 e. The minimum atomic E-state index is -0.329. The van der Waals surface area contributed by atoms with Gasteiger partial charge in [0.1, 0.15) is 0 Å². The molecule has 0 spiro atoms. The van der Waals surface area contributed by atoms with Crippen LogP contribution in [-0.4, -0.2) is 43.6 Å². The van der Waals surface area contributed by atoms with Crippen LogP contribution in [0.3, 0.4) is 0 Å². The van der Waals surface area contributed by atoms with Gasteiger partial charge >= 0.3 is 0 Å². The van der Waals surface area contributed by atoms with Crippen molar-refractivity contribution in [2.45, 2.75) is 26.2 Å². The fraction of sp³-hybridized carbons (Fsp3) is 0.625. The van der Waals surface area contributed by atoms with Crippen LogP contribution < -0.4 is 4.90 Å². The summed E-state index contributed by atoms with van der Waals surface area (Å²) < 4.78 is 0. The molecule has 1 aromatic rings. The van der Waals surface area contributed by atoms with Crippen molar-refractivity contribution < 1.29 is 4.92 Å². The Bertz CT molecular complexity index is 494. The highest BCUT2D eigenvalue weighted by atomic mass is 16.6. The number of piperidine rings is 1. The Morgan fingerprint density at radius 2 is 2.00 bits per heavy atom. The van der Waals surface area contributed by atoms with Gasteiger partial charge in [0.15, 0.2) is 0 Å². The van der Waals surface area contributed by atoms with E-state index in [1.165, 1.54) is 19.3 Å². The van der Waals surface area contributed by atoms with Gasteiger partial charge in [-0.3, -0.25) is 10.1 Å². The first-order valence-electron chi connectivity index (χ1n) is 7.62. The topological polar surface area (TPSA) is 49.6 Å². The van der Waals surface area contributed by atoms with Gasteiger partial charge in [0.05, 0.1) is 4.92 Å². The Labute approximate surface area is 126 Å². The SMILES string of the molecule is Cc1cc([N+](=O)[O-])ccc1N1CCC(CCN(C)C)CC1. The highest BCUT2D eigenvalue weighted by molar-refractivity contribution is 5.57. The molecule has 116 valence electrons. The molecule has 1 fully saturated rings. The molecule has 1 heterocycles. The number of nitro groups is 1. The maximum absolute atomic E-state index is 10.8. The van der Waals surface area contributed by atoms with Crippen molar-refractivity contribution in [3.8, 4) is 0 Å². The Morgan fingerprint density at radius 3 is 2.52 bits per heavy atom. The zero-order chi connectivity index (χ0) is 15.4. The molecular weight excluding hydrogens is 266 g/mol. The number of aryl methyl sites for hydroxylation is 1. The van der Waals surface area contributed by atoms with Crippen molar-refractivity contribution in [1.29, 1.82) is 0 Å². The summed E-state index contributed by atoms with van der Waals surface area (Å²) in [5.41, 5.74) is 2.32. The van der Waals surface area contributed by atoms with E-state index in [2.05, 4.69) is 23.9 Å². The molecule has 0 amide bonds. The standard InChI is InChI=1S/C16H25N3O2/c1-13-12-15(19(20)21)4-5-16(13)18-10-7-14(8-11-18)6-9-17(2)3/h4-5,12,14H,6-11H2,1-3H3. The predicted octanol–water partition coefficient (Wildman–Crippen LogP) is 3.07. The van der Waals surface area contributed by atoms with Gasteiger partial charge in [0.25, 0.3) is 5.69 Å². The quantitative estimate of drug-likeness (QED) is 0.618. The highest BCUT2D eigenvalue weighted by Crippen LogP contribution is 2.29. The average molecular weight is 291 g/mol. The maximum atomic E-state index is 10.8. The average Bonchev–Trinajstić information content (AvgIpc) is 2.45. The summed E-state index contributed by atoms with van der Waals surface area (Å²) >= 11 is 0. The first-order chi connectivity index (χ1) is 9.97. The largest absolute Gasteiger partial charge is 0.371 e. The predicted molar refractivity (Wildman–Crippen MR) is 85.9 cm³/mol. The Hall–Kier alpha value is -1.62. The van der Waals surface area contributed by atoms with Crippen molar-refractivity contribution in [2.24, 2.45) is 5.92 Å². The molecule has 0 atom stereocenters. The molecule has 0 N–H and O–H groups in total. The normalized spacial score (nSPS) is 16.5. The molecule has 0 radical (unpaired) electrons. The first kappa shape index (κ1) is 15.8. The highest BCUT2D eigenvalue weighted by Gasteiger charge is 2.21. The van der Waals surface area contributed by atoms with Gasteiger partial charge in [-0.05, 0) is 64.4 Å². The second kappa shape index (κ2) is 6.89. The number of benzene rings is 1. The lowest BCUT2D eigenvalue weighted by Crippen LogP contribution is -2.35. The number of nitro benzene ring substituents is 1. The van der Waals surface area contributed by atoms with E-state index >= 15 is 0 Å². The number of non-ortho nitro benzene ring substituents is 1.